The number of nitrogens with zero attached hydrogens (tertiary/aromatic N) is 2. The molecule has 0 atom stereocenters. The van der Waals surface area contributed by atoms with Crippen LogP contribution in [-0.4, -0.2) is 54.1 Å². The molecule has 2 N–H and O–H groups in total. The van der Waals surface area contributed by atoms with Crippen molar-refractivity contribution in [1.82, 2.24) is 15.1 Å². The second-order valence-corrected chi connectivity index (χ2v) is 10.1. The molecule has 0 bridgehead atoms. The molecule has 4 aromatic rings. The van der Waals surface area contributed by atoms with Crippen LogP contribution in [0.25, 0.3) is 23.1 Å². The first-order valence-electron chi connectivity index (χ1n) is 12.0. The summed E-state index contributed by atoms with van der Waals surface area (Å²) in [6, 6.07) is 16.4. The van der Waals surface area contributed by atoms with Gasteiger partial charge in [0.15, 0.2) is 6.29 Å². The van der Waals surface area contributed by atoms with E-state index in [2.05, 4.69) is 57.8 Å². The topological polar surface area (TPSA) is 79.5 Å². The molecule has 7 nitrogen and oxygen atoms in total. The number of carbonyl (C=O) groups excluding carboxylic acids is 1. The number of amides is 1. The van der Waals surface area contributed by atoms with Gasteiger partial charge in [-0.05, 0) is 60.3 Å². The van der Waals surface area contributed by atoms with Crippen molar-refractivity contribution in [3.8, 4) is 0 Å². The number of hydrogen-bond acceptors (Lipinski definition) is 6. The molecule has 1 fully saturated rings. The fourth-order valence-corrected chi connectivity index (χ4v) is 5.04. The van der Waals surface area contributed by atoms with Crippen molar-refractivity contribution in [1.29, 1.82) is 0 Å². The molecule has 0 spiro atoms. The van der Waals surface area contributed by atoms with Gasteiger partial charge in [0.05, 0.1) is 30.8 Å². The molecular weight excluding hydrogens is 472 g/mol. The third kappa shape index (κ3) is 6.09. The smallest absolute Gasteiger partial charge is 0.229 e. The van der Waals surface area contributed by atoms with Gasteiger partial charge in [-0.3, -0.25) is 14.8 Å². The van der Waals surface area contributed by atoms with Gasteiger partial charge in [0.1, 0.15) is 0 Å². The summed E-state index contributed by atoms with van der Waals surface area (Å²) < 4.78 is 11.1. The molecule has 5 rings (SSSR count). The van der Waals surface area contributed by atoms with E-state index in [0.717, 1.165) is 51.4 Å². The number of H-pyrrole nitrogens is 1. The largest absolute Gasteiger partial charge is 0.349 e. The quantitative estimate of drug-likeness (QED) is 0.333. The summed E-state index contributed by atoms with van der Waals surface area (Å²) in [5.74, 6) is -0.0201. The number of fused-ring (bicyclic) bond motifs is 1. The van der Waals surface area contributed by atoms with Crippen LogP contribution in [-0.2, 0) is 27.2 Å². The molecule has 1 saturated heterocycles. The maximum Gasteiger partial charge on any atom is 0.229 e. The number of nitrogens with one attached hydrogen (secondary N) is 2. The van der Waals surface area contributed by atoms with Gasteiger partial charge in [-0.15, -0.1) is 11.3 Å². The van der Waals surface area contributed by atoms with E-state index < -0.39 is 0 Å². The van der Waals surface area contributed by atoms with E-state index in [-0.39, 0.29) is 12.2 Å². The Hall–Kier alpha value is -3.30. The average Bonchev–Trinajstić information content (AvgIpc) is 3.62. The number of thiophene rings is 1. The van der Waals surface area contributed by atoms with Crippen LogP contribution in [0.2, 0.25) is 0 Å². The van der Waals surface area contributed by atoms with E-state index in [9.17, 15) is 4.79 Å². The van der Waals surface area contributed by atoms with E-state index in [1.807, 2.05) is 42.6 Å². The monoisotopic (exact) mass is 502 g/mol. The van der Waals surface area contributed by atoms with Gasteiger partial charge in [-0.1, -0.05) is 36.4 Å². The lowest BCUT2D eigenvalue weighted by molar-refractivity contribution is -0.115. The number of aryl methyl sites for hydroxylation is 1. The number of benzene rings is 2. The number of ether oxygens (including phenoxy) is 2. The van der Waals surface area contributed by atoms with Crippen molar-refractivity contribution in [2.24, 2.45) is 0 Å². The molecule has 3 heterocycles. The third-order valence-electron chi connectivity index (χ3n) is 6.12. The summed E-state index contributed by atoms with van der Waals surface area (Å²) in [5, 5.41) is 13.6. The van der Waals surface area contributed by atoms with Crippen LogP contribution in [0.15, 0.2) is 53.9 Å². The third-order valence-corrected chi connectivity index (χ3v) is 6.99. The Morgan fingerprint density at radius 2 is 2.06 bits per heavy atom. The van der Waals surface area contributed by atoms with Crippen LogP contribution < -0.4 is 5.32 Å². The average molecular weight is 503 g/mol. The summed E-state index contributed by atoms with van der Waals surface area (Å²) in [7, 11) is 2.07. The van der Waals surface area contributed by atoms with E-state index in [4.69, 9.17) is 9.47 Å². The first-order chi connectivity index (χ1) is 17.5. The van der Waals surface area contributed by atoms with Crippen LogP contribution in [0.4, 0.5) is 5.69 Å². The van der Waals surface area contributed by atoms with Gasteiger partial charge in [-0.2, -0.15) is 5.10 Å². The highest BCUT2D eigenvalue weighted by atomic mass is 32.1. The number of likely N-dealkylation sites (N-methyl/N-ethyl adjacent to an activating group) is 1. The molecule has 1 amide bonds. The van der Waals surface area contributed by atoms with Crippen molar-refractivity contribution in [2.45, 2.75) is 26.2 Å². The fraction of sp³-hybridized carbons (Fsp3) is 0.286. The van der Waals surface area contributed by atoms with Crippen molar-refractivity contribution >= 4 is 46.0 Å². The maximum atomic E-state index is 12.5. The zero-order chi connectivity index (χ0) is 24.9. The number of aromatic amines is 1. The van der Waals surface area contributed by atoms with E-state index in [1.54, 1.807) is 11.3 Å². The standard InChI is InChI=1S/C28H30N4O3S/c1-19-13-26-23(16-25(19)29-27(33)15-22-7-4-12-36-22)24(30-31-26)9-8-20-5-3-6-21(14-20)17-32(2)18-28-34-10-11-35-28/h3-9,12-14,16,28H,10-11,15,17-18H2,1-2H3,(H,29,33)(H,30,31)/b9-8+. The van der Waals surface area contributed by atoms with Crippen molar-refractivity contribution in [3.63, 3.8) is 0 Å². The summed E-state index contributed by atoms with van der Waals surface area (Å²) in [6.45, 7) is 4.88. The Bertz CT molecular complexity index is 1360. The Labute approximate surface area is 214 Å². The number of carbonyl (C=O) groups is 1. The van der Waals surface area contributed by atoms with Crippen molar-refractivity contribution in [3.05, 3.63) is 81.2 Å². The molecule has 2 aromatic carbocycles. The first kappa shape index (κ1) is 24.4. The summed E-state index contributed by atoms with van der Waals surface area (Å²) in [6.07, 6.45) is 4.31. The normalized spacial score (nSPS) is 14.4. The lowest BCUT2D eigenvalue weighted by Gasteiger charge is -2.20. The van der Waals surface area contributed by atoms with Crippen LogP contribution in [0.5, 0.6) is 0 Å². The molecular formula is C28H30N4O3S. The highest BCUT2D eigenvalue weighted by molar-refractivity contribution is 7.10. The summed E-state index contributed by atoms with van der Waals surface area (Å²) >= 11 is 1.59. The van der Waals surface area contributed by atoms with Gasteiger partial charge in [-0.25, -0.2) is 0 Å². The summed E-state index contributed by atoms with van der Waals surface area (Å²) in [4.78, 5) is 15.8. The molecule has 0 unspecified atom stereocenters. The van der Waals surface area contributed by atoms with E-state index in [0.29, 0.717) is 19.6 Å². The predicted molar refractivity (Wildman–Crippen MR) is 145 cm³/mol. The molecule has 0 saturated carbocycles. The van der Waals surface area contributed by atoms with Crippen LogP contribution >= 0.6 is 11.3 Å². The van der Waals surface area contributed by atoms with Gasteiger partial charge in [0.25, 0.3) is 0 Å². The zero-order valence-corrected chi connectivity index (χ0v) is 21.3. The second kappa shape index (κ2) is 11.2. The van der Waals surface area contributed by atoms with Gasteiger partial charge >= 0.3 is 0 Å². The first-order valence-corrected chi connectivity index (χ1v) is 12.9. The van der Waals surface area contributed by atoms with Crippen LogP contribution in [0, 0.1) is 6.92 Å². The predicted octanol–water partition coefficient (Wildman–Crippen LogP) is 5.09. The molecule has 186 valence electrons. The molecule has 2 aromatic heterocycles. The molecule has 8 heteroatoms. The molecule has 1 aliphatic rings. The van der Waals surface area contributed by atoms with Gasteiger partial charge in [0, 0.05) is 29.0 Å². The van der Waals surface area contributed by atoms with E-state index >= 15 is 0 Å². The lowest BCUT2D eigenvalue weighted by atomic mass is 10.1. The van der Waals surface area contributed by atoms with Crippen molar-refractivity contribution in [2.75, 3.05) is 32.1 Å². The van der Waals surface area contributed by atoms with Gasteiger partial charge in [0.2, 0.25) is 5.91 Å². The number of anilines is 1. The van der Waals surface area contributed by atoms with Crippen molar-refractivity contribution < 1.29 is 14.3 Å². The minimum absolute atomic E-state index is 0.0201. The van der Waals surface area contributed by atoms with Crippen LogP contribution in [0.1, 0.15) is 27.3 Å². The highest BCUT2D eigenvalue weighted by Crippen LogP contribution is 2.26. The minimum Gasteiger partial charge on any atom is -0.349 e. The maximum absolute atomic E-state index is 12.5. The Balaban J connectivity index is 1.28. The summed E-state index contributed by atoms with van der Waals surface area (Å²) in [5.41, 5.74) is 5.89. The SMILES string of the molecule is Cc1cc2[nH]nc(/C=C/c3cccc(CN(C)CC4OCCO4)c3)c2cc1NC(=O)Cc1cccs1. The molecule has 36 heavy (non-hydrogen) atoms. The Kier molecular flexibility index (Phi) is 7.58. The Morgan fingerprint density at radius 3 is 2.86 bits per heavy atom. The highest BCUT2D eigenvalue weighted by Gasteiger charge is 2.18. The van der Waals surface area contributed by atoms with E-state index in [1.165, 1.54) is 5.56 Å². The Morgan fingerprint density at radius 1 is 1.19 bits per heavy atom. The minimum atomic E-state index is -0.139. The lowest BCUT2D eigenvalue weighted by Crippen LogP contribution is -2.29. The molecule has 0 radical (unpaired) electrons. The fourth-order valence-electron chi connectivity index (χ4n) is 4.33. The second-order valence-electron chi connectivity index (χ2n) is 9.07. The number of hydrogen-bond donors (Lipinski definition) is 2. The van der Waals surface area contributed by atoms with Crippen LogP contribution in [0.3, 0.4) is 0 Å². The van der Waals surface area contributed by atoms with Gasteiger partial charge < -0.3 is 14.8 Å². The molecule has 0 aliphatic carbocycles. The number of rotatable bonds is 9. The number of aromatic nitrogens is 2. The zero-order valence-electron chi connectivity index (χ0n) is 20.5. The molecule has 1 aliphatic heterocycles.